The van der Waals surface area contributed by atoms with Crippen molar-refractivity contribution in [3.8, 4) is 5.75 Å². The number of amides is 2. The summed E-state index contributed by atoms with van der Waals surface area (Å²) in [4.78, 5) is 29.0. The molecule has 0 spiro atoms. The minimum Gasteiger partial charge on any atom is -0.481 e. The lowest BCUT2D eigenvalue weighted by Gasteiger charge is -2.15. The molecular weight excluding hydrogens is 349 g/mol. The van der Waals surface area contributed by atoms with E-state index in [0.29, 0.717) is 27.9 Å². The first-order valence-electron chi connectivity index (χ1n) is 8.33. The number of carbonyl (C=O) groups is 2. The number of hydrogen-bond acceptors (Lipinski definition) is 4. The van der Waals surface area contributed by atoms with E-state index in [-0.39, 0.29) is 0 Å². The maximum Gasteiger partial charge on any atom is 0.279 e. The van der Waals surface area contributed by atoms with Crippen LogP contribution in [-0.2, 0) is 4.79 Å². The van der Waals surface area contributed by atoms with Crippen molar-refractivity contribution in [2.24, 2.45) is 0 Å². The van der Waals surface area contributed by atoms with Gasteiger partial charge in [-0.1, -0.05) is 18.2 Å². The number of aromatic nitrogens is 1. The van der Waals surface area contributed by atoms with Crippen molar-refractivity contribution < 1.29 is 18.7 Å². The highest BCUT2D eigenvalue weighted by Crippen LogP contribution is 2.18. The molecule has 1 aromatic heterocycles. The summed E-state index contributed by atoms with van der Waals surface area (Å²) in [5.41, 5.74) is 6.52. The highest BCUT2D eigenvalue weighted by Gasteiger charge is 2.17. The maximum atomic E-state index is 12.9. The van der Waals surface area contributed by atoms with Crippen LogP contribution in [0.25, 0.3) is 10.9 Å². The molecule has 0 saturated heterocycles. The van der Waals surface area contributed by atoms with Crippen LogP contribution in [0.2, 0.25) is 0 Å². The summed E-state index contributed by atoms with van der Waals surface area (Å²) < 4.78 is 18.3. The number of halogens is 1. The number of ether oxygens (including phenoxy) is 1. The van der Waals surface area contributed by atoms with Gasteiger partial charge in [-0.3, -0.25) is 25.4 Å². The minimum absolute atomic E-state index is 0.348. The number of fused-ring (bicyclic) bond motifs is 1. The van der Waals surface area contributed by atoms with Gasteiger partial charge in [0.05, 0.1) is 11.1 Å². The van der Waals surface area contributed by atoms with Gasteiger partial charge in [-0.15, -0.1) is 0 Å². The van der Waals surface area contributed by atoms with Gasteiger partial charge in [0.2, 0.25) is 0 Å². The van der Waals surface area contributed by atoms with Crippen molar-refractivity contribution in [3.63, 3.8) is 0 Å². The summed E-state index contributed by atoms with van der Waals surface area (Å²) in [5.74, 6) is -1.05. The molecule has 0 aliphatic carbocycles. The summed E-state index contributed by atoms with van der Waals surface area (Å²) in [5, 5.41) is 0.686. The molecule has 7 heteroatoms. The molecule has 0 bridgehead atoms. The normalized spacial score (nSPS) is 11.7. The van der Waals surface area contributed by atoms with Crippen LogP contribution in [0.15, 0.2) is 54.6 Å². The molecule has 3 rings (SSSR count). The maximum absolute atomic E-state index is 12.9. The van der Waals surface area contributed by atoms with Gasteiger partial charge in [0, 0.05) is 11.1 Å². The van der Waals surface area contributed by atoms with Gasteiger partial charge in [-0.25, -0.2) is 4.39 Å². The number of aryl methyl sites for hydroxylation is 1. The fourth-order valence-corrected chi connectivity index (χ4v) is 2.55. The molecule has 2 N–H and O–H groups in total. The second kappa shape index (κ2) is 7.82. The summed E-state index contributed by atoms with van der Waals surface area (Å²) in [7, 11) is 0. The lowest BCUT2D eigenvalue weighted by atomic mass is 10.1. The zero-order valence-corrected chi connectivity index (χ0v) is 14.8. The van der Waals surface area contributed by atoms with Crippen molar-refractivity contribution in [2.75, 3.05) is 0 Å². The summed E-state index contributed by atoms with van der Waals surface area (Å²) in [6.07, 6.45) is -0.883. The van der Waals surface area contributed by atoms with Crippen LogP contribution in [0.4, 0.5) is 4.39 Å². The van der Waals surface area contributed by atoms with Crippen molar-refractivity contribution in [1.29, 1.82) is 0 Å². The van der Waals surface area contributed by atoms with E-state index in [1.165, 1.54) is 31.2 Å². The number of carbonyl (C=O) groups excluding carboxylic acids is 2. The van der Waals surface area contributed by atoms with Crippen molar-refractivity contribution in [2.45, 2.75) is 20.0 Å². The van der Waals surface area contributed by atoms with E-state index in [1.54, 1.807) is 19.1 Å². The van der Waals surface area contributed by atoms with Crippen LogP contribution >= 0.6 is 0 Å². The molecule has 6 nitrogen and oxygen atoms in total. The van der Waals surface area contributed by atoms with Gasteiger partial charge in [0.25, 0.3) is 11.8 Å². The fourth-order valence-electron chi connectivity index (χ4n) is 2.55. The van der Waals surface area contributed by atoms with Crippen LogP contribution in [0.1, 0.15) is 23.0 Å². The first-order valence-corrected chi connectivity index (χ1v) is 8.33. The van der Waals surface area contributed by atoms with E-state index in [4.69, 9.17) is 4.74 Å². The largest absolute Gasteiger partial charge is 0.481 e. The first kappa shape index (κ1) is 18.3. The zero-order chi connectivity index (χ0) is 19.4. The molecule has 1 heterocycles. The van der Waals surface area contributed by atoms with E-state index in [2.05, 4.69) is 15.8 Å². The Morgan fingerprint density at radius 2 is 1.78 bits per heavy atom. The molecule has 3 aromatic rings. The van der Waals surface area contributed by atoms with Gasteiger partial charge in [0.1, 0.15) is 11.6 Å². The quantitative estimate of drug-likeness (QED) is 0.695. The second-order valence-corrected chi connectivity index (χ2v) is 5.99. The van der Waals surface area contributed by atoms with Crippen molar-refractivity contribution in [3.05, 3.63) is 71.7 Å². The van der Waals surface area contributed by atoms with E-state index >= 15 is 0 Å². The monoisotopic (exact) mass is 367 g/mol. The third-order valence-electron chi connectivity index (χ3n) is 3.88. The van der Waals surface area contributed by atoms with Gasteiger partial charge < -0.3 is 4.74 Å². The predicted molar refractivity (Wildman–Crippen MR) is 98.6 cm³/mol. The standard InChI is InChI=1S/C20H18FN3O3/c1-12-11-17(16-5-3-4-6-18(16)22-12)20(26)24-23-19(25)13(2)27-15-9-7-14(21)8-10-15/h3-11,13H,1-2H3,(H,23,25)(H,24,26). The predicted octanol–water partition coefficient (Wildman–Crippen LogP) is 2.91. The Hall–Kier alpha value is -3.48. The Labute approximate surface area is 155 Å². The molecule has 0 fully saturated rings. The summed E-state index contributed by atoms with van der Waals surface area (Å²) in [6.45, 7) is 3.32. The summed E-state index contributed by atoms with van der Waals surface area (Å²) in [6, 6.07) is 14.2. The third-order valence-corrected chi connectivity index (χ3v) is 3.88. The van der Waals surface area contributed by atoms with Crippen molar-refractivity contribution in [1.82, 2.24) is 15.8 Å². The number of benzene rings is 2. The lowest BCUT2D eigenvalue weighted by molar-refractivity contribution is -0.128. The van der Waals surface area contributed by atoms with Crippen LogP contribution in [-0.4, -0.2) is 22.9 Å². The topological polar surface area (TPSA) is 80.3 Å². The van der Waals surface area contributed by atoms with E-state index in [9.17, 15) is 14.0 Å². The van der Waals surface area contributed by atoms with Gasteiger partial charge in [0.15, 0.2) is 6.10 Å². The molecule has 0 aliphatic heterocycles. The number of hydrogen-bond donors (Lipinski definition) is 2. The molecule has 2 amide bonds. The van der Waals surface area contributed by atoms with E-state index < -0.39 is 23.7 Å². The second-order valence-electron chi connectivity index (χ2n) is 5.99. The Bertz CT molecular complexity index is 989. The molecule has 1 unspecified atom stereocenters. The molecule has 0 saturated carbocycles. The number of nitrogens with one attached hydrogen (secondary N) is 2. The lowest BCUT2D eigenvalue weighted by Crippen LogP contribution is -2.47. The average Bonchev–Trinajstić information content (AvgIpc) is 2.66. The molecule has 138 valence electrons. The van der Waals surface area contributed by atoms with Gasteiger partial charge in [-0.2, -0.15) is 0 Å². The number of pyridine rings is 1. The Morgan fingerprint density at radius 1 is 1.07 bits per heavy atom. The Kier molecular flexibility index (Phi) is 5.30. The third kappa shape index (κ3) is 4.38. The number of hydrazine groups is 1. The van der Waals surface area contributed by atoms with E-state index in [0.717, 1.165) is 0 Å². The number of para-hydroxylation sites is 1. The molecular formula is C20H18FN3O3. The SMILES string of the molecule is Cc1cc(C(=O)NNC(=O)C(C)Oc2ccc(F)cc2)c2ccccc2n1. The fraction of sp³-hybridized carbons (Fsp3) is 0.150. The van der Waals surface area contributed by atoms with Gasteiger partial charge in [-0.05, 0) is 50.2 Å². The number of rotatable bonds is 4. The molecule has 0 radical (unpaired) electrons. The molecule has 0 aliphatic rings. The van der Waals surface area contributed by atoms with Crippen molar-refractivity contribution >= 4 is 22.7 Å². The zero-order valence-electron chi connectivity index (χ0n) is 14.8. The Morgan fingerprint density at radius 3 is 2.52 bits per heavy atom. The molecule has 27 heavy (non-hydrogen) atoms. The number of nitrogens with zero attached hydrogens (tertiary/aromatic N) is 1. The van der Waals surface area contributed by atoms with Crippen LogP contribution in [0.5, 0.6) is 5.75 Å². The van der Waals surface area contributed by atoms with Crippen LogP contribution < -0.4 is 15.6 Å². The highest BCUT2D eigenvalue weighted by atomic mass is 19.1. The summed E-state index contributed by atoms with van der Waals surface area (Å²) >= 11 is 0. The highest BCUT2D eigenvalue weighted by molar-refractivity contribution is 6.06. The van der Waals surface area contributed by atoms with Crippen LogP contribution in [0, 0.1) is 12.7 Å². The van der Waals surface area contributed by atoms with Crippen LogP contribution in [0.3, 0.4) is 0 Å². The minimum atomic E-state index is -0.883. The van der Waals surface area contributed by atoms with Gasteiger partial charge >= 0.3 is 0 Å². The molecule has 1 atom stereocenters. The first-order chi connectivity index (χ1) is 12.9. The average molecular weight is 367 g/mol. The Balaban J connectivity index is 1.65. The van der Waals surface area contributed by atoms with E-state index in [1.807, 2.05) is 18.2 Å². The molecule has 2 aromatic carbocycles. The smallest absolute Gasteiger partial charge is 0.279 e.